The molecule has 0 aliphatic rings. The molecule has 3 aromatic rings. The number of nitrogens with one attached hydrogen (secondary N) is 2. The van der Waals surface area contributed by atoms with Gasteiger partial charge in [-0.05, 0) is 56.7 Å². The van der Waals surface area contributed by atoms with Gasteiger partial charge in [0.2, 0.25) is 10.0 Å². The van der Waals surface area contributed by atoms with Gasteiger partial charge in [0.05, 0.1) is 4.90 Å². The van der Waals surface area contributed by atoms with Crippen molar-refractivity contribution in [2.24, 2.45) is 0 Å². The average molecular weight is 443 g/mol. The van der Waals surface area contributed by atoms with Crippen LogP contribution < -0.4 is 14.8 Å². The molecule has 8 heteroatoms. The molecule has 0 atom stereocenters. The monoisotopic (exact) mass is 442 g/mol. The molecule has 0 unspecified atom stereocenters. The van der Waals surface area contributed by atoms with Crippen LogP contribution in [0.1, 0.15) is 33.0 Å². The summed E-state index contributed by atoms with van der Waals surface area (Å²) in [5.41, 5.74) is 3.16. The Labute approximate surface area is 182 Å². The molecule has 0 bridgehead atoms. The van der Waals surface area contributed by atoms with Gasteiger partial charge in [0.15, 0.2) is 5.76 Å². The quantitative estimate of drug-likeness (QED) is 0.495. The lowest BCUT2D eigenvalue weighted by atomic mass is 10.1. The Balaban J connectivity index is 1.46. The van der Waals surface area contributed by atoms with Gasteiger partial charge < -0.3 is 14.5 Å². The van der Waals surface area contributed by atoms with Crippen LogP contribution in [0.25, 0.3) is 0 Å². The van der Waals surface area contributed by atoms with E-state index in [1.54, 1.807) is 36.4 Å². The van der Waals surface area contributed by atoms with E-state index in [0.29, 0.717) is 5.76 Å². The van der Waals surface area contributed by atoms with E-state index in [1.807, 2.05) is 39.0 Å². The molecule has 0 saturated carbocycles. The van der Waals surface area contributed by atoms with Crippen molar-refractivity contribution in [1.29, 1.82) is 0 Å². The number of furan rings is 1. The van der Waals surface area contributed by atoms with Crippen LogP contribution in [-0.4, -0.2) is 27.4 Å². The molecule has 31 heavy (non-hydrogen) atoms. The van der Waals surface area contributed by atoms with Crippen LogP contribution in [-0.2, 0) is 16.6 Å². The highest BCUT2D eigenvalue weighted by Gasteiger charge is 2.14. The summed E-state index contributed by atoms with van der Waals surface area (Å²) in [6, 6.07) is 15.7. The van der Waals surface area contributed by atoms with Crippen molar-refractivity contribution in [3.05, 3.63) is 82.8 Å². The summed E-state index contributed by atoms with van der Waals surface area (Å²) in [6.07, 6.45) is 0. The number of carbonyl (C=O) groups excluding carboxylic acids is 1. The second-order valence-corrected chi connectivity index (χ2v) is 9.06. The van der Waals surface area contributed by atoms with Crippen molar-refractivity contribution in [2.45, 2.75) is 32.3 Å². The van der Waals surface area contributed by atoms with Crippen LogP contribution in [0, 0.1) is 20.8 Å². The van der Waals surface area contributed by atoms with E-state index < -0.39 is 15.9 Å². The number of hydrogen-bond donors (Lipinski definition) is 2. The molecule has 7 nitrogen and oxygen atoms in total. The van der Waals surface area contributed by atoms with Gasteiger partial charge in [0.1, 0.15) is 18.1 Å². The molecule has 3 rings (SSSR count). The predicted molar refractivity (Wildman–Crippen MR) is 118 cm³/mol. The maximum atomic E-state index is 12.2. The van der Waals surface area contributed by atoms with Crippen LogP contribution >= 0.6 is 0 Å². The first kappa shape index (κ1) is 22.6. The van der Waals surface area contributed by atoms with E-state index in [2.05, 4.69) is 10.0 Å². The third kappa shape index (κ3) is 6.19. The molecule has 0 fully saturated rings. The zero-order chi connectivity index (χ0) is 22.4. The lowest BCUT2D eigenvalue weighted by molar-refractivity contribution is 0.0922. The smallest absolute Gasteiger partial charge is 0.287 e. The minimum atomic E-state index is -3.62. The van der Waals surface area contributed by atoms with Gasteiger partial charge in [0.25, 0.3) is 5.91 Å². The topological polar surface area (TPSA) is 97.6 Å². The lowest BCUT2D eigenvalue weighted by Crippen LogP contribution is -2.34. The van der Waals surface area contributed by atoms with Crippen LogP contribution in [0.3, 0.4) is 0 Å². The van der Waals surface area contributed by atoms with E-state index in [1.165, 1.54) is 0 Å². The van der Waals surface area contributed by atoms with E-state index in [0.717, 1.165) is 22.4 Å². The van der Waals surface area contributed by atoms with Crippen LogP contribution in [0.15, 0.2) is 63.9 Å². The lowest BCUT2D eigenvalue weighted by Gasteiger charge is -2.08. The normalized spacial score (nSPS) is 11.3. The Kier molecular flexibility index (Phi) is 7.14. The largest absolute Gasteiger partial charge is 0.485 e. The predicted octanol–water partition coefficient (Wildman–Crippen LogP) is 3.49. The summed E-state index contributed by atoms with van der Waals surface area (Å²) < 4.78 is 38.2. The number of hydrogen-bond acceptors (Lipinski definition) is 5. The number of sulfonamides is 1. The number of amides is 1. The molecule has 1 aromatic heterocycles. The van der Waals surface area contributed by atoms with Gasteiger partial charge in [-0.2, -0.15) is 0 Å². The first-order valence-corrected chi connectivity index (χ1v) is 11.4. The number of benzene rings is 2. The fraction of sp³-hybridized carbons (Fsp3) is 0.261. The Morgan fingerprint density at radius 3 is 2.35 bits per heavy atom. The van der Waals surface area contributed by atoms with Crippen LogP contribution in [0.2, 0.25) is 0 Å². The molecule has 164 valence electrons. The number of carbonyl (C=O) groups is 1. The molecular weight excluding hydrogens is 416 g/mol. The molecule has 1 amide bonds. The summed E-state index contributed by atoms with van der Waals surface area (Å²) >= 11 is 0. The molecule has 2 N–H and O–H groups in total. The van der Waals surface area contributed by atoms with Crippen molar-refractivity contribution in [2.75, 3.05) is 13.1 Å². The first-order valence-electron chi connectivity index (χ1n) is 9.88. The fourth-order valence-electron chi connectivity index (χ4n) is 2.94. The molecule has 1 heterocycles. The third-order valence-corrected chi connectivity index (χ3v) is 6.10. The number of aryl methyl sites for hydroxylation is 3. The summed E-state index contributed by atoms with van der Waals surface area (Å²) in [4.78, 5) is 12.4. The second kappa shape index (κ2) is 9.80. The summed E-state index contributed by atoms with van der Waals surface area (Å²) in [5, 5.41) is 2.63. The van der Waals surface area contributed by atoms with E-state index in [4.69, 9.17) is 9.15 Å². The Hall–Kier alpha value is -3.10. The summed E-state index contributed by atoms with van der Waals surface area (Å²) in [5.74, 6) is 0.993. The van der Waals surface area contributed by atoms with Crippen molar-refractivity contribution in [1.82, 2.24) is 10.0 Å². The van der Waals surface area contributed by atoms with E-state index >= 15 is 0 Å². The summed E-state index contributed by atoms with van der Waals surface area (Å²) in [7, 11) is -3.62. The fourth-order valence-corrected chi connectivity index (χ4v) is 3.97. The maximum Gasteiger partial charge on any atom is 0.287 e. The molecule has 0 radical (unpaired) electrons. The van der Waals surface area contributed by atoms with Gasteiger partial charge in [-0.3, -0.25) is 4.79 Å². The molecular formula is C23H26N2O5S. The first-order chi connectivity index (χ1) is 14.7. The SMILES string of the molecule is Cc1ccc(S(=O)(=O)NCCNC(=O)c2ccc(COc3ccc(C)cc3C)o2)cc1. The standard InChI is InChI=1S/C23H26N2O5S/c1-16-4-8-20(9-5-16)31(27,28)25-13-12-24-23(26)22-11-7-19(30-22)15-29-21-10-6-17(2)14-18(21)3/h4-11,14,25H,12-13,15H2,1-3H3,(H,24,26). The molecule has 2 aromatic carbocycles. The third-order valence-electron chi connectivity index (χ3n) is 4.62. The highest BCUT2D eigenvalue weighted by Crippen LogP contribution is 2.20. The minimum Gasteiger partial charge on any atom is -0.485 e. The molecule has 0 aliphatic carbocycles. The van der Waals surface area contributed by atoms with Crippen molar-refractivity contribution < 1.29 is 22.4 Å². The number of rotatable bonds is 9. The van der Waals surface area contributed by atoms with Crippen molar-refractivity contribution in [3.63, 3.8) is 0 Å². The van der Waals surface area contributed by atoms with Gasteiger partial charge in [0, 0.05) is 13.1 Å². The highest BCUT2D eigenvalue weighted by molar-refractivity contribution is 7.89. The zero-order valence-corrected chi connectivity index (χ0v) is 18.6. The molecule has 0 aliphatic heterocycles. The summed E-state index contributed by atoms with van der Waals surface area (Å²) in [6.45, 7) is 6.25. The van der Waals surface area contributed by atoms with Gasteiger partial charge >= 0.3 is 0 Å². The number of ether oxygens (including phenoxy) is 1. The Morgan fingerprint density at radius 1 is 0.935 bits per heavy atom. The van der Waals surface area contributed by atoms with Crippen molar-refractivity contribution in [3.8, 4) is 5.75 Å². The highest BCUT2D eigenvalue weighted by atomic mass is 32.2. The molecule has 0 spiro atoms. The van der Waals surface area contributed by atoms with Crippen molar-refractivity contribution >= 4 is 15.9 Å². The maximum absolute atomic E-state index is 12.2. The van der Waals surface area contributed by atoms with E-state index in [-0.39, 0.29) is 30.4 Å². The zero-order valence-electron chi connectivity index (χ0n) is 17.8. The molecule has 0 saturated heterocycles. The van der Waals surface area contributed by atoms with Gasteiger partial charge in [-0.1, -0.05) is 35.4 Å². The van der Waals surface area contributed by atoms with Gasteiger partial charge in [-0.25, -0.2) is 13.1 Å². The van der Waals surface area contributed by atoms with Crippen LogP contribution in [0.4, 0.5) is 0 Å². The Morgan fingerprint density at radius 2 is 1.65 bits per heavy atom. The van der Waals surface area contributed by atoms with Crippen LogP contribution in [0.5, 0.6) is 5.75 Å². The second-order valence-electron chi connectivity index (χ2n) is 7.29. The Bertz CT molecular complexity index is 1150. The van der Waals surface area contributed by atoms with E-state index in [9.17, 15) is 13.2 Å². The van der Waals surface area contributed by atoms with Gasteiger partial charge in [-0.15, -0.1) is 0 Å². The average Bonchev–Trinajstić information content (AvgIpc) is 3.20. The minimum absolute atomic E-state index is 0.0608.